The summed E-state index contributed by atoms with van der Waals surface area (Å²) in [5, 5.41) is 13.8. The average molecular weight is 262 g/mol. The Morgan fingerprint density at radius 2 is 2.12 bits per heavy atom. The van der Waals surface area contributed by atoms with Crippen molar-refractivity contribution in [2.24, 2.45) is 5.92 Å². The minimum atomic E-state index is -1.00. The van der Waals surface area contributed by atoms with Gasteiger partial charge >= 0.3 is 12.0 Å². The maximum Gasteiger partial charge on any atom is 0.326 e. The van der Waals surface area contributed by atoms with Crippen LogP contribution in [0, 0.1) is 5.92 Å². The van der Waals surface area contributed by atoms with E-state index in [0.29, 0.717) is 18.1 Å². The molecule has 0 saturated heterocycles. The fourth-order valence-corrected chi connectivity index (χ4v) is 2.04. The minimum absolute atomic E-state index is 0.0584. The molecule has 1 fully saturated rings. The SMILES string of the molecule is CCS(=O)CCNC(=O)NC(C(=O)O)C1CC1. The zero-order valence-electron chi connectivity index (χ0n) is 9.77. The van der Waals surface area contributed by atoms with Gasteiger partial charge in [0.25, 0.3) is 0 Å². The lowest BCUT2D eigenvalue weighted by Crippen LogP contribution is -2.47. The van der Waals surface area contributed by atoms with E-state index in [9.17, 15) is 13.8 Å². The maximum absolute atomic E-state index is 11.4. The van der Waals surface area contributed by atoms with E-state index in [1.165, 1.54) is 0 Å². The molecule has 1 saturated carbocycles. The van der Waals surface area contributed by atoms with Gasteiger partial charge in [0.05, 0.1) is 0 Å². The fraction of sp³-hybridized carbons (Fsp3) is 0.800. The van der Waals surface area contributed by atoms with Crippen LogP contribution in [0.4, 0.5) is 4.79 Å². The molecule has 0 bridgehead atoms. The summed E-state index contributed by atoms with van der Waals surface area (Å²) in [6, 6.07) is -1.30. The van der Waals surface area contributed by atoms with E-state index in [-0.39, 0.29) is 5.92 Å². The predicted molar refractivity (Wildman–Crippen MR) is 64.2 cm³/mol. The molecule has 0 heterocycles. The number of hydrogen-bond donors (Lipinski definition) is 3. The van der Waals surface area contributed by atoms with Gasteiger partial charge in [-0.2, -0.15) is 0 Å². The fourth-order valence-electron chi connectivity index (χ4n) is 1.43. The molecule has 2 atom stereocenters. The Bertz CT molecular complexity index is 317. The minimum Gasteiger partial charge on any atom is -0.480 e. The molecule has 0 spiro atoms. The first-order valence-electron chi connectivity index (χ1n) is 5.66. The molecule has 17 heavy (non-hydrogen) atoms. The molecule has 0 aromatic rings. The van der Waals surface area contributed by atoms with Crippen LogP contribution in [0.3, 0.4) is 0 Å². The Kier molecular flexibility index (Phi) is 5.40. The van der Waals surface area contributed by atoms with Crippen molar-refractivity contribution < 1.29 is 18.9 Å². The largest absolute Gasteiger partial charge is 0.480 e. The third kappa shape index (κ3) is 5.16. The topological polar surface area (TPSA) is 95.5 Å². The van der Waals surface area contributed by atoms with Crippen LogP contribution in [0.5, 0.6) is 0 Å². The smallest absolute Gasteiger partial charge is 0.326 e. The van der Waals surface area contributed by atoms with Crippen LogP contribution in [0.2, 0.25) is 0 Å². The summed E-state index contributed by atoms with van der Waals surface area (Å²) >= 11 is 0. The lowest BCUT2D eigenvalue weighted by molar-refractivity contribution is -0.139. The van der Waals surface area contributed by atoms with E-state index in [1.54, 1.807) is 0 Å². The molecular weight excluding hydrogens is 244 g/mol. The van der Waals surface area contributed by atoms with Gasteiger partial charge in [-0.3, -0.25) is 4.21 Å². The molecular formula is C10H18N2O4S. The van der Waals surface area contributed by atoms with Crippen LogP contribution in [0.25, 0.3) is 0 Å². The molecule has 6 nitrogen and oxygen atoms in total. The van der Waals surface area contributed by atoms with Gasteiger partial charge in [-0.05, 0) is 18.8 Å². The normalized spacial score (nSPS) is 18.2. The first kappa shape index (κ1) is 14.0. The molecule has 1 aliphatic carbocycles. The lowest BCUT2D eigenvalue weighted by atomic mass is 10.2. The summed E-state index contributed by atoms with van der Waals surface area (Å²) in [6.45, 7) is 2.10. The van der Waals surface area contributed by atoms with E-state index in [4.69, 9.17) is 5.11 Å². The van der Waals surface area contributed by atoms with E-state index in [2.05, 4.69) is 10.6 Å². The van der Waals surface area contributed by atoms with Crippen molar-refractivity contribution in [3.05, 3.63) is 0 Å². The van der Waals surface area contributed by atoms with E-state index in [1.807, 2.05) is 6.92 Å². The maximum atomic E-state index is 11.4. The Balaban J connectivity index is 2.23. The van der Waals surface area contributed by atoms with Gasteiger partial charge in [0.15, 0.2) is 0 Å². The highest BCUT2D eigenvalue weighted by atomic mass is 32.2. The summed E-state index contributed by atoms with van der Waals surface area (Å²) in [6.07, 6.45) is 1.69. The quantitative estimate of drug-likeness (QED) is 0.598. The number of amides is 2. The molecule has 0 aromatic carbocycles. The number of carbonyl (C=O) groups is 2. The molecule has 0 aromatic heterocycles. The molecule has 2 unspecified atom stereocenters. The van der Waals surface area contributed by atoms with Gasteiger partial charge < -0.3 is 15.7 Å². The highest BCUT2D eigenvalue weighted by Crippen LogP contribution is 2.32. The predicted octanol–water partition coefficient (Wildman–Crippen LogP) is -0.0826. The number of hydrogen-bond acceptors (Lipinski definition) is 3. The van der Waals surface area contributed by atoms with Crippen molar-refractivity contribution in [2.45, 2.75) is 25.8 Å². The molecule has 3 N–H and O–H groups in total. The molecule has 0 radical (unpaired) electrons. The number of nitrogens with one attached hydrogen (secondary N) is 2. The summed E-state index contributed by atoms with van der Waals surface area (Å²) in [5.74, 6) is 0.0107. The molecule has 98 valence electrons. The lowest BCUT2D eigenvalue weighted by Gasteiger charge is -2.14. The van der Waals surface area contributed by atoms with Crippen molar-refractivity contribution in [3.63, 3.8) is 0 Å². The van der Waals surface area contributed by atoms with Crippen molar-refractivity contribution in [1.29, 1.82) is 0 Å². The van der Waals surface area contributed by atoms with Gasteiger partial charge in [0.2, 0.25) is 0 Å². The molecule has 7 heteroatoms. The van der Waals surface area contributed by atoms with Crippen LogP contribution in [0.15, 0.2) is 0 Å². The Morgan fingerprint density at radius 1 is 1.47 bits per heavy atom. The van der Waals surface area contributed by atoms with Crippen LogP contribution in [-0.4, -0.2) is 45.4 Å². The highest BCUT2D eigenvalue weighted by Gasteiger charge is 2.37. The Labute approximate surface area is 103 Å². The molecule has 2 amide bonds. The Morgan fingerprint density at radius 3 is 2.59 bits per heavy atom. The van der Waals surface area contributed by atoms with Gasteiger partial charge in [0.1, 0.15) is 6.04 Å². The van der Waals surface area contributed by atoms with E-state index >= 15 is 0 Å². The second-order valence-electron chi connectivity index (χ2n) is 3.99. The zero-order chi connectivity index (χ0) is 12.8. The van der Waals surface area contributed by atoms with Crippen molar-refractivity contribution in [3.8, 4) is 0 Å². The number of carboxylic acid groups (broad SMARTS) is 1. The monoisotopic (exact) mass is 262 g/mol. The zero-order valence-corrected chi connectivity index (χ0v) is 10.6. The van der Waals surface area contributed by atoms with E-state index in [0.717, 1.165) is 12.8 Å². The second-order valence-corrected chi connectivity index (χ2v) is 5.85. The van der Waals surface area contributed by atoms with Crippen LogP contribution < -0.4 is 10.6 Å². The summed E-state index contributed by atoms with van der Waals surface area (Å²) in [4.78, 5) is 22.2. The third-order valence-corrected chi connectivity index (χ3v) is 3.89. The molecule has 1 rings (SSSR count). The summed E-state index contributed by atoms with van der Waals surface area (Å²) in [7, 11) is -0.920. The van der Waals surface area contributed by atoms with Gasteiger partial charge in [0, 0.05) is 28.9 Å². The average Bonchev–Trinajstić information content (AvgIpc) is 3.09. The Hall–Kier alpha value is -1.11. The van der Waals surface area contributed by atoms with E-state index < -0.39 is 28.8 Å². The van der Waals surface area contributed by atoms with Gasteiger partial charge in [-0.15, -0.1) is 0 Å². The summed E-state index contributed by atoms with van der Waals surface area (Å²) in [5.41, 5.74) is 0. The van der Waals surface area contributed by atoms with Crippen LogP contribution in [0.1, 0.15) is 19.8 Å². The summed E-state index contributed by atoms with van der Waals surface area (Å²) < 4.78 is 11.1. The van der Waals surface area contributed by atoms with Crippen molar-refractivity contribution in [2.75, 3.05) is 18.1 Å². The number of urea groups is 1. The number of aliphatic carboxylic acids is 1. The van der Waals surface area contributed by atoms with Crippen molar-refractivity contribution >= 4 is 22.8 Å². The van der Waals surface area contributed by atoms with Gasteiger partial charge in [-0.1, -0.05) is 6.92 Å². The molecule has 0 aliphatic heterocycles. The van der Waals surface area contributed by atoms with Crippen LogP contribution in [-0.2, 0) is 15.6 Å². The number of carbonyl (C=O) groups excluding carboxylic acids is 1. The van der Waals surface area contributed by atoms with Crippen LogP contribution >= 0.6 is 0 Å². The first-order chi connectivity index (χ1) is 8.04. The van der Waals surface area contributed by atoms with Gasteiger partial charge in [-0.25, -0.2) is 9.59 Å². The molecule has 1 aliphatic rings. The number of carboxylic acids is 1. The first-order valence-corrected chi connectivity index (χ1v) is 7.15. The van der Waals surface area contributed by atoms with Crippen molar-refractivity contribution in [1.82, 2.24) is 10.6 Å². The second kappa shape index (κ2) is 6.58. The number of rotatable bonds is 7. The third-order valence-electron chi connectivity index (χ3n) is 2.58. The highest BCUT2D eigenvalue weighted by molar-refractivity contribution is 7.84. The standard InChI is InChI=1S/C10H18N2O4S/c1-2-17(16)6-5-11-10(15)12-8(9(13)14)7-3-4-7/h7-8H,2-6H2,1H3,(H,13,14)(H2,11,12,15).